The highest BCUT2D eigenvalue weighted by atomic mass is 16.4. The number of rotatable bonds is 0. The Kier molecular flexibility index (Phi) is 0.674. The van der Waals surface area contributed by atoms with Crippen molar-refractivity contribution in [2.24, 2.45) is 52.5 Å². The lowest BCUT2D eigenvalue weighted by molar-refractivity contribution is 0.0495. The normalized spacial score (nSPS) is 77.1. The third-order valence-electron chi connectivity index (χ3n) is 6.16. The highest BCUT2D eigenvalue weighted by Crippen LogP contribution is 2.81. The monoisotopic (exact) mass is 175 g/mol. The Morgan fingerprint density at radius 3 is 2.54 bits per heavy atom. The Balaban J connectivity index is 1.85. The number of hydrogen-bond acceptors (Lipinski definition) is 2. The minimum Gasteiger partial charge on any atom is -0.411 e. The van der Waals surface area contributed by atoms with Crippen LogP contribution in [0.3, 0.4) is 0 Å². The molecule has 5 fully saturated rings. The van der Waals surface area contributed by atoms with Gasteiger partial charge in [0.25, 0.3) is 0 Å². The van der Waals surface area contributed by atoms with E-state index in [0.29, 0.717) is 0 Å². The lowest BCUT2D eigenvalue weighted by atomic mass is 9.59. The summed E-state index contributed by atoms with van der Waals surface area (Å²) in [6.07, 6.45) is 2.97. The number of fused-ring (bicyclic) bond motifs is 2. The molecule has 0 aromatic carbocycles. The second kappa shape index (κ2) is 1.45. The van der Waals surface area contributed by atoms with Gasteiger partial charge in [0.2, 0.25) is 0 Å². The first-order valence-electron chi connectivity index (χ1n) is 5.63. The summed E-state index contributed by atoms with van der Waals surface area (Å²) in [4.78, 5) is 0. The van der Waals surface area contributed by atoms with Crippen molar-refractivity contribution in [1.29, 1.82) is 0 Å². The van der Waals surface area contributed by atoms with Gasteiger partial charge in [-0.2, -0.15) is 0 Å². The Morgan fingerprint density at radius 1 is 0.923 bits per heavy atom. The fraction of sp³-hybridized carbons (Fsp3) is 0.909. The van der Waals surface area contributed by atoms with Gasteiger partial charge in [0.05, 0.1) is 5.71 Å². The fourth-order valence-corrected chi connectivity index (χ4v) is 6.27. The van der Waals surface area contributed by atoms with Crippen molar-refractivity contribution in [1.82, 2.24) is 0 Å². The molecule has 2 bridgehead atoms. The third kappa shape index (κ3) is 0.360. The third-order valence-corrected chi connectivity index (χ3v) is 6.16. The zero-order valence-corrected chi connectivity index (χ0v) is 7.43. The van der Waals surface area contributed by atoms with Crippen LogP contribution in [0.5, 0.6) is 0 Å². The first kappa shape index (κ1) is 6.05. The molecule has 8 atom stereocenters. The van der Waals surface area contributed by atoms with Gasteiger partial charge in [-0.1, -0.05) is 5.16 Å². The van der Waals surface area contributed by atoms with Gasteiger partial charge in [-0.3, -0.25) is 0 Å². The van der Waals surface area contributed by atoms with E-state index in [-0.39, 0.29) is 0 Å². The number of hydrogen-bond donors (Lipinski definition) is 1. The van der Waals surface area contributed by atoms with Crippen LogP contribution < -0.4 is 0 Å². The summed E-state index contributed by atoms with van der Waals surface area (Å²) in [5.41, 5.74) is 1.23. The highest BCUT2D eigenvalue weighted by Gasteiger charge is 2.79. The van der Waals surface area contributed by atoms with E-state index in [4.69, 9.17) is 5.21 Å². The van der Waals surface area contributed by atoms with Gasteiger partial charge in [-0.25, -0.2) is 0 Å². The van der Waals surface area contributed by atoms with Crippen LogP contribution >= 0.6 is 0 Å². The molecule has 5 aliphatic carbocycles. The summed E-state index contributed by atoms with van der Waals surface area (Å²) in [6, 6.07) is 0. The van der Waals surface area contributed by atoms with Crippen LogP contribution in [-0.2, 0) is 0 Å². The van der Waals surface area contributed by atoms with E-state index in [1.54, 1.807) is 0 Å². The highest BCUT2D eigenvalue weighted by molar-refractivity contribution is 5.95. The van der Waals surface area contributed by atoms with Gasteiger partial charge < -0.3 is 5.21 Å². The minimum absolute atomic E-state index is 0.736. The Morgan fingerprint density at radius 2 is 1.69 bits per heavy atom. The zero-order chi connectivity index (χ0) is 8.32. The van der Waals surface area contributed by atoms with Crippen LogP contribution in [0.4, 0.5) is 0 Å². The van der Waals surface area contributed by atoms with E-state index in [2.05, 4.69) is 5.16 Å². The predicted molar refractivity (Wildman–Crippen MR) is 46.4 cm³/mol. The molecule has 68 valence electrons. The molecule has 5 aliphatic rings. The summed E-state index contributed by atoms with van der Waals surface area (Å²) >= 11 is 0. The molecule has 1 N–H and O–H groups in total. The average Bonchev–Trinajstić information content (AvgIpc) is 2.61. The Bertz CT molecular complexity index is 344. The molecule has 0 aromatic rings. The molecule has 0 aromatic heterocycles. The van der Waals surface area contributed by atoms with Crippen molar-refractivity contribution >= 4 is 5.71 Å². The summed E-state index contributed by atoms with van der Waals surface area (Å²) < 4.78 is 0. The van der Waals surface area contributed by atoms with E-state index in [0.717, 1.165) is 47.3 Å². The molecule has 8 unspecified atom stereocenters. The molecule has 0 spiro atoms. The van der Waals surface area contributed by atoms with Crippen molar-refractivity contribution in [3.05, 3.63) is 0 Å². The van der Waals surface area contributed by atoms with Gasteiger partial charge >= 0.3 is 0 Å². The van der Waals surface area contributed by atoms with Crippen molar-refractivity contribution in [3.63, 3.8) is 0 Å². The van der Waals surface area contributed by atoms with E-state index >= 15 is 0 Å². The summed E-state index contributed by atoms with van der Waals surface area (Å²) in [6.45, 7) is 0. The van der Waals surface area contributed by atoms with E-state index in [9.17, 15) is 0 Å². The average molecular weight is 175 g/mol. The van der Waals surface area contributed by atoms with Crippen LogP contribution in [0.25, 0.3) is 0 Å². The Labute approximate surface area is 77.0 Å². The van der Waals surface area contributed by atoms with E-state index < -0.39 is 0 Å². The van der Waals surface area contributed by atoms with Crippen LogP contribution in [0.15, 0.2) is 5.16 Å². The van der Waals surface area contributed by atoms with Gasteiger partial charge in [0.1, 0.15) is 0 Å². The molecular weight excluding hydrogens is 162 g/mol. The number of oxime groups is 1. The van der Waals surface area contributed by atoms with Crippen molar-refractivity contribution in [2.75, 3.05) is 0 Å². The lowest BCUT2D eigenvalue weighted by Gasteiger charge is -2.44. The first-order valence-corrected chi connectivity index (χ1v) is 5.63. The fourth-order valence-electron chi connectivity index (χ4n) is 6.27. The molecule has 13 heavy (non-hydrogen) atoms. The molecule has 0 heterocycles. The van der Waals surface area contributed by atoms with Gasteiger partial charge in [-0.15, -0.1) is 0 Å². The van der Waals surface area contributed by atoms with Gasteiger partial charge in [0, 0.05) is 11.8 Å². The molecule has 0 amide bonds. The molecule has 2 heteroatoms. The molecule has 0 radical (unpaired) electrons. The van der Waals surface area contributed by atoms with E-state index in [1.165, 1.54) is 18.6 Å². The minimum atomic E-state index is 0.736. The summed E-state index contributed by atoms with van der Waals surface area (Å²) in [7, 11) is 0. The molecule has 5 rings (SSSR count). The van der Waals surface area contributed by atoms with Gasteiger partial charge in [-0.05, 0) is 48.3 Å². The topological polar surface area (TPSA) is 32.6 Å². The quantitative estimate of drug-likeness (QED) is 0.440. The molecule has 0 saturated heterocycles. The lowest BCUT2D eigenvalue weighted by Crippen LogP contribution is -2.44. The Hall–Kier alpha value is -0.530. The van der Waals surface area contributed by atoms with Crippen molar-refractivity contribution < 1.29 is 5.21 Å². The smallest absolute Gasteiger partial charge is 0.0644 e. The summed E-state index contributed by atoms with van der Waals surface area (Å²) in [5.74, 6) is 7.44. The predicted octanol–water partition coefficient (Wildman–Crippen LogP) is 1.59. The maximum absolute atomic E-state index is 9.07. The summed E-state index contributed by atoms with van der Waals surface area (Å²) in [5, 5.41) is 12.7. The van der Waals surface area contributed by atoms with Crippen LogP contribution in [0.1, 0.15) is 12.8 Å². The van der Waals surface area contributed by atoms with Gasteiger partial charge in [0.15, 0.2) is 0 Å². The van der Waals surface area contributed by atoms with E-state index in [1.807, 2.05) is 0 Å². The largest absolute Gasteiger partial charge is 0.411 e. The SMILES string of the molecule is O/N=C1\C2C3CC4C1C1C2CC3C41. The molecule has 5 saturated carbocycles. The number of nitrogens with zero attached hydrogens (tertiary/aromatic N) is 1. The van der Waals surface area contributed by atoms with Crippen molar-refractivity contribution in [2.45, 2.75) is 12.8 Å². The second-order valence-corrected chi connectivity index (χ2v) is 5.86. The van der Waals surface area contributed by atoms with Crippen LogP contribution in [0.2, 0.25) is 0 Å². The standard InChI is InChI=1S/C11H13NO/c13-12-11-8-4-2-5-7-3(4)1-6(8)9(7)10(5)11/h3-10,13H,1-2H2/b12-11+. The molecule has 0 aliphatic heterocycles. The molecular formula is C11H13NO. The molecule has 2 nitrogen and oxygen atoms in total. The maximum atomic E-state index is 9.07. The second-order valence-electron chi connectivity index (χ2n) is 5.86. The van der Waals surface area contributed by atoms with Crippen LogP contribution in [-0.4, -0.2) is 10.9 Å². The maximum Gasteiger partial charge on any atom is 0.0644 e. The van der Waals surface area contributed by atoms with Crippen LogP contribution in [0, 0.1) is 47.3 Å². The van der Waals surface area contributed by atoms with Crippen molar-refractivity contribution in [3.8, 4) is 0 Å². The zero-order valence-electron chi connectivity index (χ0n) is 7.43. The first-order chi connectivity index (χ1) is 6.42.